The largest absolute Gasteiger partial charge is 0.496 e. The maximum absolute atomic E-state index is 9.35. The van der Waals surface area contributed by atoms with Crippen LogP contribution < -0.4 is 4.74 Å². The SMILES string of the molecule is COc1ccc(Cl)c(C#N)c1C1CN(C[C@H](C)O)C1. The van der Waals surface area contributed by atoms with E-state index in [1.165, 1.54) is 0 Å². The topological polar surface area (TPSA) is 56.5 Å². The fourth-order valence-corrected chi connectivity index (χ4v) is 2.75. The van der Waals surface area contributed by atoms with E-state index in [1.807, 2.05) is 0 Å². The van der Waals surface area contributed by atoms with Crippen molar-refractivity contribution in [3.63, 3.8) is 0 Å². The highest BCUT2D eigenvalue weighted by molar-refractivity contribution is 6.31. The van der Waals surface area contributed by atoms with Gasteiger partial charge in [-0.15, -0.1) is 0 Å². The first-order valence-corrected chi connectivity index (χ1v) is 6.61. The molecule has 0 aliphatic carbocycles. The monoisotopic (exact) mass is 280 g/mol. The van der Waals surface area contributed by atoms with Crippen LogP contribution >= 0.6 is 11.6 Å². The summed E-state index contributed by atoms with van der Waals surface area (Å²) in [5.41, 5.74) is 1.39. The Morgan fingerprint density at radius 3 is 2.79 bits per heavy atom. The number of aliphatic hydroxyl groups excluding tert-OH is 1. The highest BCUT2D eigenvalue weighted by atomic mass is 35.5. The smallest absolute Gasteiger partial charge is 0.123 e. The van der Waals surface area contributed by atoms with Crippen LogP contribution in [0.1, 0.15) is 24.0 Å². The first-order chi connectivity index (χ1) is 9.06. The van der Waals surface area contributed by atoms with Crippen molar-refractivity contribution in [3.8, 4) is 11.8 Å². The lowest BCUT2D eigenvalue weighted by Gasteiger charge is -2.41. The van der Waals surface area contributed by atoms with Crippen molar-refractivity contribution in [2.75, 3.05) is 26.7 Å². The molecule has 1 saturated heterocycles. The quantitative estimate of drug-likeness (QED) is 0.916. The van der Waals surface area contributed by atoms with Crippen molar-refractivity contribution < 1.29 is 9.84 Å². The molecule has 1 aromatic carbocycles. The fourth-order valence-electron chi connectivity index (χ4n) is 2.55. The first kappa shape index (κ1) is 14.1. The van der Waals surface area contributed by atoms with Gasteiger partial charge in [0.2, 0.25) is 0 Å². The molecule has 0 radical (unpaired) electrons. The third kappa shape index (κ3) is 2.84. The predicted molar refractivity (Wildman–Crippen MR) is 73.6 cm³/mol. The van der Waals surface area contributed by atoms with E-state index in [0.717, 1.165) is 18.7 Å². The molecule has 102 valence electrons. The molecule has 0 aromatic heterocycles. The average Bonchev–Trinajstić information content (AvgIpc) is 2.32. The lowest BCUT2D eigenvalue weighted by Crippen LogP contribution is -2.48. The molecule has 0 saturated carbocycles. The molecule has 1 N–H and O–H groups in total. The molecule has 1 aromatic rings. The van der Waals surface area contributed by atoms with Crippen LogP contribution in [0.5, 0.6) is 5.75 Å². The van der Waals surface area contributed by atoms with Crippen LogP contribution in [0.2, 0.25) is 5.02 Å². The van der Waals surface area contributed by atoms with Gasteiger partial charge in [-0.1, -0.05) is 11.6 Å². The number of nitriles is 1. The summed E-state index contributed by atoms with van der Waals surface area (Å²) in [5, 5.41) is 19.1. The number of methoxy groups -OCH3 is 1. The molecule has 0 spiro atoms. The van der Waals surface area contributed by atoms with Crippen molar-refractivity contribution in [1.82, 2.24) is 4.90 Å². The Balaban J connectivity index is 2.22. The molecule has 2 rings (SSSR count). The predicted octanol–water partition coefficient (Wildman–Crippen LogP) is 2.00. The second-order valence-corrected chi connectivity index (χ2v) is 5.32. The van der Waals surface area contributed by atoms with E-state index in [9.17, 15) is 10.4 Å². The summed E-state index contributed by atoms with van der Waals surface area (Å²) < 4.78 is 5.34. The van der Waals surface area contributed by atoms with Crippen molar-refractivity contribution >= 4 is 11.6 Å². The molecule has 0 unspecified atom stereocenters. The number of benzene rings is 1. The van der Waals surface area contributed by atoms with Crippen LogP contribution in [0.4, 0.5) is 0 Å². The van der Waals surface area contributed by atoms with Crippen LogP contribution in [-0.4, -0.2) is 42.9 Å². The van der Waals surface area contributed by atoms with Gasteiger partial charge in [0, 0.05) is 31.1 Å². The van der Waals surface area contributed by atoms with Crippen LogP contribution in [0.25, 0.3) is 0 Å². The number of likely N-dealkylation sites (tertiary alicyclic amines) is 1. The Bertz CT molecular complexity index is 505. The van der Waals surface area contributed by atoms with E-state index in [2.05, 4.69) is 11.0 Å². The number of hydrogen-bond acceptors (Lipinski definition) is 4. The molecule has 4 nitrogen and oxygen atoms in total. The van der Waals surface area contributed by atoms with Crippen molar-refractivity contribution in [1.29, 1.82) is 5.26 Å². The minimum Gasteiger partial charge on any atom is -0.496 e. The summed E-state index contributed by atoms with van der Waals surface area (Å²) in [6.07, 6.45) is -0.336. The normalized spacial score (nSPS) is 17.6. The molecular formula is C14H17ClN2O2. The second kappa shape index (κ2) is 5.79. The van der Waals surface area contributed by atoms with Crippen LogP contribution in [0.3, 0.4) is 0 Å². The van der Waals surface area contributed by atoms with Crippen molar-refractivity contribution in [3.05, 3.63) is 28.3 Å². The first-order valence-electron chi connectivity index (χ1n) is 6.23. The molecule has 5 heteroatoms. The zero-order valence-electron chi connectivity index (χ0n) is 11.1. The molecule has 0 bridgehead atoms. The van der Waals surface area contributed by atoms with Crippen molar-refractivity contribution in [2.45, 2.75) is 18.9 Å². The Morgan fingerprint density at radius 1 is 1.58 bits per heavy atom. The van der Waals surface area contributed by atoms with Crippen LogP contribution in [0.15, 0.2) is 12.1 Å². The molecule has 1 atom stereocenters. The number of β-amino-alcohol motifs (C(OH)–C–C–N with tert-alkyl or cyclic N) is 1. The lowest BCUT2D eigenvalue weighted by molar-refractivity contribution is 0.0734. The molecular weight excluding hydrogens is 264 g/mol. The standard InChI is InChI=1S/C14H17ClN2O2/c1-9(18)6-17-7-10(8-17)14-11(5-16)12(15)3-4-13(14)19-2/h3-4,9-10,18H,6-8H2,1-2H3/t9-/m0/s1. The molecule has 1 aliphatic rings. The molecule has 0 amide bonds. The highest BCUT2D eigenvalue weighted by Gasteiger charge is 2.33. The van der Waals surface area contributed by atoms with Gasteiger partial charge < -0.3 is 9.84 Å². The van der Waals surface area contributed by atoms with Gasteiger partial charge in [0.15, 0.2) is 0 Å². The fraction of sp³-hybridized carbons (Fsp3) is 0.500. The van der Waals surface area contributed by atoms with Gasteiger partial charge in [-0.25, -0.2) is 0 Å². The van der Waals surface area contributed by atoms with E-state index >= 15 is 0 Å². The number of nitrogens with zero attached hydrogens (tertiary/aromatic N) is 2. The Labute approximate surface area is 118 Å². The maximum Gasteiger partial charge on any atom is 0.123 e. The summed E-state index contributed by atoms with van der Waals surface area (Å²) in [4.78, 5) is 2.15. The number of rotatable bonds is 4. The minimum absolute atomic E-state index is 0.238. The van der Waals surface area contributed by atoms with Gasteiger partial charge in [-0.3, -0.25) is 4.90 Å². The van der Waals surface area contributed by atoms with Gasteiger partial charge in [-0.2, -0.15) is 5.26 Å². The van der Waals surface area contributed by atoms with Gasteiger partial charge in [-0.05, 0) is 19.1 Å². The van der Waals surface area contributed by atoms with E-state index in [-0.39, 0.29) is 12.0 Å². The summed E-state index contributed by atoms with van der Waals surface area (Å²) in [6, 6.07) is 5.65. The number of aliphatic hydroxyl groups is 1. The average molecular weight is 281 g/mol. The summed E-state index contributed by atoms with van der Waals surface area (Å²) in [7, 11) is 1.60. The number of halogens is 1. The summed E-state index contributed by atoms with van der Waals surface area (Å²) in [6.45, 7) is 4.06. The highest BCUT2D eigenvalue weighted by Crippen LogP contribution is 2.38. The molecule has 1 heterocycles. The summed E-state index contributed by atoms with van der Waals surface area (Å²) in [5.74, 6) is 0.949. The van der Waals surface area contributed by atoms with Gasteiger partial charge in [0.1, 0.15) is 11.8 Å². The van der Waals surface area contributed by atoms with Gasteiger partial charge in [0.25, 0.3) is 0 Å². The van der Waals surface area contributed by atoms with Crippen LogP contribution in [0, 0.1) is 11.3 Å². The Morgan fingerprint density at radius 2 is 2.26 bits per heavy atom. The van der Waals surface area contributed by atoms with Gasteiger partial charge in [0.05, 0.1) is 23.8 Å². The minimum atomic E-state index is -0.336. The zero-order valence-corrected chi connectivity index (χ0v) is 11.8. The van der Waals surface area contributed by atoms with E-state index in [4.69, 9.17) is 16.3 Å². The third-order valence-electron chi connectivity index (χ3n) is 3.37. The number of hydrogen-bond donors (Lipinski definition) is 1. The summed E-state index contributed by atoms with van der Waals surface area (Å²) >= 11 is 6.07. The zero-order chi connectivity index (χ0) is 14.0. The Kier molecular flexibility index (Phi) is 4.31. The Hall–Kier alpha value is -1.28. The van der Waals surface area contributed by atoms with Crippen molar-refractivity contribution in [2.24, 2.45) is 0 Å². The lowest BCUT2D eigenvalue weighted by atomic mass is 9.87. The maximum atomic E-state index is 9.35. The van der Waals surface area contributed by atoms with E-state index in [1.54, 1.807) is 26.2 Å². The van der Waals surface area contributed by atoms with E-state index < -0.39 is 0 Å². The molecule has 1 aliphatic heterocycles. The molecule has 1 fully saturated rings. The van der Waals surface area contributed by atoms with Gasteiger partial charge >= 0.3 is 0 Å². The molecule has 19 heavy (non-hydrogen) atoms. The second-order valence-electron chi connectivity index (χ2n) is 4.91. The van der Waals surface area contributed by atoms with E-state index in [0.29, 0.717) is 22.9 Å². The third-order valence-corrected chi connectivity index (χ3v) is 3.69. The van der Waals surface area contributed by atoms with Crippen LogP contribution in [-0.2, 0) is 0 Å². The number of ether oxygens (including phenoxy) is 1.